The summed E-state index contributed by atoms with van der Waals surface area (Å²) in [7, 11) is -2.73. The van der Waals surface area contributed by atoms with Gasteiger partial charge >= 0.3 is 6.18 Å². The number of aromatic nitrogens is 1. The van der Waals surface area contributed by atoms with Gasteiger partial charge in [0.1, 0.15) is 22.3 Å². The maximum atomic E-state index is 13.1. The van der Waals surface area contributed by atoms with Gasteiger partial charge in [-0.25, -0.2) is 13.4 Å². The van der Waals surface area contributed by atoms with Crippen molar-refractivity contribution in [1.29, 1.82) is 0 Å². The lowest BCUT2D eigenvalue weighted by Crippen LogP contribution is -2.56. The number of benzene rings is 1. The van der Waals surface area contributed by atoms with E-state index in [1.807, 2.05) is 0 Å². The maximum absolute atomic E-state index is 13.1. The second kappa shape index (κ2) is 9.02. The quantitative estimate of drug-likeness (QED) is 0.584. The molecule has 1 amide bonds. The molecule has 1 aliphatic heterocycles. The van der Waals surface area contributed by atoms with Crippen LogP contribution in [0.4, 0.5) is 13.2 Å². The summed E-state index contributed by atoms with van der Waals surface area (Å²) in [6.07, 6.45) is -2.80. The Morgan fingerprint density at radius 3 is 2.47 bits per heavy atom. The van der Waals surface area contributed by atoms with Crippen molar-refractivity contribution in [1.82, 2.24) is 9.88 Å². The number of halogens is 4. The van der Waals surface area contributed by atoms with Crippen LogP contribution >= 0.6 is 11.6 Å². The number of ether oxygens (including phenoxy) is 3. The van der Waals surface area contributed by atoms with E-state index in [2.05, 4.69) is 4.98 Å². The third-order valence-corrected chi connectivity index (χ3v) is 5.76. The Bertz CT molecular complexity index is 1100. The van der Waals surface area contributed by atoms with Crippen LogP contribution in [-0.2, 0) is 9.84 Å². The van der Waals surface area contributed by atoms with E-state index in [0.717, 1.165) is 25.5 Å². The smallest absolute Gasteiger partial charge is 0.422 e. The molecule has 2 aromatic rings. The minimum absolute atomic E-state index is 0.0914. The predicted molar refractivity (Wildman–Crippen MR) is 107 cm³/mol. The largest absolute Gasteiger partial charge is 0.494 e. The summed E-state index contributed by atoms with van der Waals surface area (Å²) in [5, 5.41) is 0.423. The second-order valence-corrected chi connectivity index (χ2v) is 9.33. The first-order valence-corrected chi connectivity index (χ1v) is 11.3. The van der Waals surface area contributed by atoms with Crippen LogP contribution in [0.2, 0.25) is 5.02 Å². The number of rotatable bonds is 7. The Morgan fingerprint density at radius 1 is 1.25 bits per heavy atom. The van der Waals surface area contributed by atoms with Gasteiger partial charge in [-0.1, -0.05) is 11.6 Å². The van der Waals surface area contributed by atoms with E-state index in [0.29, 0.717) is 5.02 Å². The molecule has 1 aliphatic rings. The van der Waals surface area contributed by atoms with Gasteiger partial charge in [0.2, 0.25) is 5.88 Å². The van der Waals surface area contributed by atoms with E-state index in [4.69, 9.17) is 25.8 Å². The van der Waals surface area contributed by atoms with Crippen LogP contribution < -0.4 is 14.2 Å². The van der Waals surface area contributed by atoms with Crippen LogP contribution in [0.5, 0.6) is 17.4 Å². The van der Waals surface area contributed by atoms with Crippen LogP contribution in [0.3, 0.4) is 0 Å². The van der Waals surface area contributed by atoms with Gasteiger partial charge in [0.25, 0.3) is 5.91 Å². The number of carbonyl (C=O) groups excluding carboxylic acids is 1. The molecule has 32 heavy (non-hydrogen) atoms. The summed E-state index contributed by atoms with van der Waals surface area (Å²) < 4.78 is 77.7. The first-order chi connectivity index (χ1) is 14.9. The van der Waals surface area contributed by atoms with Gasteiger partial charge in [0.05, 0.1) is 25.2 Å². The Labute approximate surface area is 186 Å². The molecule has 1 fully saturated rings. The summed E-state index contributed by atoms with van der Waals surface area (Å²) in [6, 6.07) is 5.17. The van der Waals surface area contributed by atoms with E-state index in [1.54, 1.807) is 12.1 Å². The highest BCUT2D eigenvalue weighted by atomic mass is 35.5. The summed E-state index contributed by atoms with van der Waals surface area (Å²) in [4.78, 5) is 18.0. The number of nitrogens with zero attached hydrogens (tertiary/aromatic N) is 2. The molecular formula is C19H18ClF3N2O6S. The van der Waals surface area contributed by atoms with E-state index >= 15 is 0 Å². The molecule has 0 radical (unpaired) electrons. The average molecular weight is 495 g/mol. The van der Waals surface area contributed by atoms with Gasteiger partial charge in [-0.2, -0.15) is 13.2 Å². The molecule has 0 saturated carbocycles. The summed E-state index contributed by atoms with van der Waals surface area (Å²) >= 11 is 5.76. The minimum atomic E-state index is -4.66. The first-order valence-electron chi connectivity index (χ1n) is 9.07. The molecule has 0 atom stereocenters. The van der Waals surface area contributed by atoms with Crippen molar-refractivity contribution in [2.45, 2.75) is 17.2 Å². The molecule has 0 bridgehead atoms. The number of likely N-dealkylation sites (tertiary alicyclic amines) is 1. The SMILES string of the molecule is COc1c(S(C)(=O)=O)ccc(OCC(F)(F)F)c1C(=O)N1CC(Oc2ccc(Cl)cn2)C1. The molecule has 174 valence electrons. The van der Waals surface area contributed by atoms with Crippen LogP contribution in [0.1, 0.15) is 10.4 Å². The normalized spacial score (nSPS) is 14.6. The topological polar surface area (TPSA) is 95.0 Å². The lowest BCUT2D eigenvalue weighted by atomic mass is 10.1. The fourth-order valence-corrected chi connectivity index (χ4v) is 3.91. The van der Waals surface area contributed by atoms with Crippen molar-refractivity contribution in [3.63, 3.8) is 0 Å². The Kier molecular flexibility index (Phi) is 6.75. The van der Waals surface area contributed by atoms with Crippen molar-refractivity contribution in [3.05, 3.63) is 41.0 Å². The predicted octanol–water partition coefficient (Wildman–Crippen LogP) is 2.99. The third kappa shape index (κ3) is 5.54. The van der Waals surface area contributed by atoms with Crippen molar-refractivity contribution >= 4 is 27.3 Å². The molecule has 1 aromatic heterocycles. The number of pyridine rings is 1. The highest BCUT2D eigenvalue weighted by Gasteiger charge is 2.38. The van der Waals surface area contributed by atoms with E-state index in [9.17, 15) is 26.4 Å². The minimum Gasteiger partial charge on any atom is -0.494 e. The van der Waals surface area contributed by atoms with Crippen LogP contribution in [0, 0.1) is 0 Å². The van der Waals surface area contributed by atoms with Crippen molar-refractivity contribution in [2.24, 2.45) is 0 Å². The van der Waals surface area contributed by atoms with Gasteiger partial charge in [0, 0.05) is 18.5 Å². The van der Waals surface area contributed by atoms with E-state index in [-0.39, 0.29) is 29.6 Å². The van der Waals surface area contributed by atoms with Crippen molar-refractivity contribution < 1.29 is 40.6 Å². The standard InChI is InChI=1S/C19H18ClF3N2O6S/c1-29-17-14(32(2,27)28)5-4-13(30-10-19(21,22)23)16(17)18(26)25-8-12(9-25)31-15-6-3-11(20)7-24-15/h3-7,12H,8-10H2,1-2H3. The van der Waals surface area contributed by atoms with Crippen molar-refractivity contribution in [2.75, 3.05) is 33.1 Å². The molecule has 1 aromatic carbocycles. The molecule has 0 spiro atoms. The van der Waals surface area contributed by atoms with E-state index in [1.165, 1.54) is 11.1 Å². The Morgan fingerprint density at radius 2 is 1.94 bits per heavy atom. The van der Waals surface area contributed by atoms with Gasteiger partial charge in [-0.05, 0) is 18.2 Å². The van der Waals surface area contributed by atoms with Gasteiger partial charge < -0.3 is 19.1 Å². The second-order valence-electron chi connectivity index (χ2n) is 6.91. The summed E-state index contributed by atoms with van der Waals surface area (Å²) in [5.41, 5.74) is -0.414. The molecule has 0 aliphatic carbocycles. The highest BCUT2D eigenvalue weighted by Crippen LogP contribution is 2.37. The molecule has 2 heterocycles. The Balaban J connectivity index is 1.85. The zero-order valence-corrected chi connectivity index (χ0v) is 18.4. The summed E-state index contributed by atoms with van der Waals surface area (Å²) in [5.74, 6) is -1.30. The zero-order valence-electron chi connectivity index (χ0n) is 16.8. The fraction of sp³-hybridized carbons (Fsp3) is 0.368. The lowest BCUT2D eigenvalue weighted by Gasteiger charge is -2.39. The number of hydrogen-bond donors (Lipinski definition) is 0. The number of carbonyl (C=O) groups is 1. The Hall–Kier alpha value is -2.73. The van der Waals surface area contributed by atoms with Gasteiger partial charge in [-0.15, -0.1) is 0 Å². The number of sulfone groups is 1. The monoisotopic (exact) mass is 494 g/mol. The number of alkyl halides is 3. The number of amides is 1. The summed E-state index contributed by atoms with van der Waals surface area (Å²) in [6.45, 7) is -1.48. The molecular weight excluding hydrogens is 477 g/mol. The molecule has 3 rings (SSSR count). The molecule has 0 unspecified atom stereocenters. The highest BCUT2D eigenvalue weighted by molar-refractivity contribution is 7.90. The van der Waals surface area contributed by atoms with Gasteiger partial charge in [-0.3, -0.25) is 4.79 Å². The third-order valence-electron chi connectivity index (χ3n) is 4.42. The fourth-order valence-electron chi connectivity index (χ4n) is 2.96. The molecule has 13 heteroatoms. The molecule has 8 nitrogen and oxygen atoms in total. The lowest BCUT2D eigenvalue weighted by molar-refractivity contribution is -0.153. The maximum Gasteiger partial charge on any atom is 0.422 e. The molecule has 0 N–H and O–H groups in total. The van der Waals surface area contributed by atoms with Crippen molar-refractivity contribution in [3.8, 4) is 17.4 Å². The van der Waals surface area contributed by atoms with Crippen LogP contribution in [-0.4, -0.2) is 69.6 Å². The molecule has 1 saturated heterocycles. The van der Waals surface area contributed by atoms with E-state index < -0.39 is 45.9 Å². The van der Waals surface area contributed by atoms with Crippen LogP contribution in [0.25, 0.3) is 0 Å². The first kappa shape index (κ1) is 23.9. The number of hydrogen-bond acceptors (Lipinski definition) is 7. The average Bonchev–Trinajstić information content (AvgIpc) is 2.67. The zero-order chi connectivity index (χ0) is 23.7. The number of methoxy groups -OCH3 is 1. The van der Waals surface area contributed by atoms with Crippen LogP contribution in [0.15, 0.2) is 35.4 Å². The van der Waals surface area contributed by atoms with Gasteiger partial charge in [0.15, 0.2) is 22.2 Å².